The van der Waals surface area contributed by atoms with E-state index in [2.05, 4.69) is 38.0 Å². The van der Waals surface area contributed by atoms with Crippen LogP contribution in [0.25, 0.3) is 11.0 Å². The average molecular weight is 334 g/mol. The highest BCUT2D eigenvalue weighted by Crippen LogP contribution is 2.30. The average Bonchev–Trinajstić information content (AvgIpc) is 2.80. The molecule has 0 aliphatic heterocycles. The molecule has 2 aromatic carbocycles. The summed E-state index contributed by atoms with van der Waals surface area (Å²) in [6.45, 7) is 0.535. The van der Waals surface area contributed by atoms with Crippen LogP contribution in [-0.2, 0) is 6.54 Å². The van der Waals surface area contributed by atoms with Crippen molar-refractivity contribution in [2.24, 2.45) is 5.73 Å². The van der Waals surface area contributed by atoms with E-state index in [-0.39, 0.29) is 0 Å². The summed E-state index contributed by atoms with van der Waals surface area (Å²) >= 11 is 5.11. The number of halogens is 1. The maximum atomic E-state index is 5.69. The minimum atomic E-state index is 0.535. The number of imidazole rings is 1. The van der Waals surface area contributed by atoms with Crippen molar-refractivity contribution in [1.29, 1.82) is 0 Å². The number of fused-ring (bicyclic) bond motifs is 1. The molecule has 0 aliphatic carbocycles. The lowest BCUT2D eigenvalue weighted by Crippen LogP contribution is -1.96. The van der Waals surface area contributed by atoms with Gasteiger partial charge in [-0.15, -0.1) is 0 Å². The number of nitrogens with one attached hydrogen (secondary N) is 1. The van der Waals surface area contributed by atoms with Gasteiger partial charge in [0.1, 0.15) is 0 Å². The molecule has 0 aliphatic rings. The van der Waals surface area contributed by atoms with Crippen molar-refractivity contribution in [2.75, 3.05) is 0 Å². The van der Waals surface area contributed by atoms with E-state index in [1.54, 1.807) is 11.8 Å². The molecular formula is C14H12BrN3S. The fourth-order valence-electron chi connectivity index (χ4n) is 1.89. The van der Waals surface area contributed by atoms with Gasteiger partial charge in [0.25, 0.3) is 0 Å². The number of hydrogen-bond acceptors (Lipinski definition) is 3. The Morgan fingerprint density at radius 3 is 2.84 bits per heavy atom. The van der Waals surface area contributed by atoms with E-state index < -0.39 is 0 Å². The van der Waals surface area contributed by atoms with E-state index in [1.807, 2.05) is 30.3 Å². The van der Waals surface area contributed by atoms with Crippen molar-refractivity contribution >= 4 is 38.7 Å². The Hall–Kier alpha value is -1.30. The molecule has 3 aromatic rings. The summed E-state index contributed by atoms with van der Waals surface area (Å²) in [6, 6.07) is 14.2. The van der Waals surface area contributed by atoms with Crippen LogP contribution in [-0.4, -0.2) is 9.97 Å². The maximum absolute atomic E-state index is 5.69. The fraction of sp³-hybridized carbons (Fsp3) is 0.0714. The summed E-state index contributed by atoms with van der Waals surface area (Å²) in [5.74, 6) is 0. The zero-order chi connectivity index (χ0) is 13.2. The van der Waals surface area contributed by atoms with Crippen molar-refractivity contribution < 1.29 is 0 Å². The quantitative estimate of drug-likeness (QED) is 0.763. The summed E-state index contributed by atoms with van der Waals surface area (Å²) < 4.78 is 1.04. The molecule has 0 saturated carbocycles. The predicted octanol–water partition coefficient (Wildman–Crippen LogP) is 3.94. The third kappa shape index (κ3) is 2.83. The third-order valence-corrected chi connectivity index (χ3v) is 4.06. The standard InChI is InChI=1S/C14H12BrN3S/c15-10-5-9(8-16)6-11(7-10)19-14-17-12-3-1-2-4-13(12)18-14/h1-7H,8,16H2,(H,17,18). The first-order valence-corrected chi connectivity index (χ1v) is 7.48. The lowest BCUT2D eigenvalue weighted by Gasteiger charge is -2.03. The van der Waals surface area contributed by atoms with Crippen LogP contribution in [0.2, 0.25) is 0 Å². The summed E-state index contributed by atoms with van der Waals surface area (Å²) in [5.41, 5.74) is 8.83. The maximum Gasteiger partial charge on any atom is 0.171 e. The van der Waals surface area contributed by atoms with E-state index >= 15 is 0 Å². The van der Waals surface area contributed by atoms with Crippen LogP contribution in [0.5, 0.6) is 0 Å². The fourth-order valence-corrected chi connectivity index (χ4v) is 3.50. The second-order valence-electron chi connectivity index (χ2n) is 4.16. The molecule has 3 rings (SSSR count). The van der Waals surface area contributed by atoms with Crippen LogP contribution in [0.3, 0.4) is 0 Å². The lowest BCUT2D eigenvalue weighted by atomic mass is 10.2. The van der Waals surface area contributed by atoms with Crippen LogP contribution < -0.4 is 5.73 Å². The number of rotatable bonds is 3. The van der Waals surface area contributed by atoms with Crippen LogP contribution in [0.4, 0.5) is 0 Å². The van der Waals surface area contributed by atoms with E-state index in [0.717, 1.165) is 31.1 Å². The first-order chi connectivity index (χ1) is 9.24. The van der Waals surface area contributed by atoms with Crippen LogP contribution in [0.1, 0.15) is 5.56 Å². The molecule has 0 bridgehead atoms. The molecule has 0 fully saturated rings. The van der Waals surface area contributed by atoms with E-state index in [4.69, 9.17) is 5.73 Å². The van der Waals surface area contributed by atoms with Crippen LogP contribution >= 0.6 is 27.7 Å². The largest absolute Gasteiger partial charge is 0.333 e. The van der Waals surface area contributed by atoms with Crippen LogP contribution in [0.15, 0.2) is 57.0 Å². The summed E-state index contributed by atoms with van der Waals surface area (Å²) in [4.78, 5) is 8.98. The van der Waals surface area contributed by atoms with Gasteiger partial charge in [0.05, 0.1) is 11.0 Å². The van der Waals surface area contributed by atoms with Gasteiger partial charge in [-0.05, 0) is 35.9 Å². The van der Waals surface area contributed by atoms with Gasteiger partial charge in [-0.25, -0.2) is 4.98 Å². The third-order valence-electron chi connectivity index (χ3n) is 2.75. The normalized spacial score (nSPS) is 11.1. The smallest absolute Gasteiger partial charge is 0.171 e. The Labute approximate surface area is 123 Å². The zero-order valence-electron chi connectivity index (χ0n) is 10.1. The molecule has 3 nitrogen and oxygen atoms in total. The van der Waals surface area contributed by atoms with Crippen molar-refractivity contribution in [2.45, 2.75) is 16.6 Å². The SMILES string of the molecule is NCc1cc(Br)cc(Sc2nc3ccccc3[nH]2)c1. The van der Waals surface area contributed by atoms with Gasteiger partial charge < -0.3 is 10.7 Å². The van der Waals surface area contributed by atoms with Gasteiger partial charge in [0.15, 0.2) is 5.16 Å². The highest BCUT2D eigenvalue weighted by molar-refractivity contribution is 9.10. The molecule has 0 spiro atoms. The molecule has 0 amide bonds. The number of hydrogen-bond donors (Lipinski definition) is 2. The van der Waals surface area contributed by atoms with Gasteiger partial charge in [0.2, 0.25) is 0 Å². The zero-order valence-corrected chi connectivity index (χ0v) is 12.5. The number of H-pyrrole nitrogens is 1. The Kier molecular flexibility index (Phi) is 3.59. The molecule has 19 heavy (non-hydrogen) atoms. The molecule has 1 heterocycles. The molecular weight excluding hydrogens is 322 g/mol. The minimum Gasteiger partial charge on any atom is -0.333 e. The van der Waals surface area contributed by atoms with Crippen molar-refractivity contribution in [3.8, 4) is 0 Å². The minimum absolute atomic E-state index is 0.535. The topological polar surface area (TPSA) is 54.7 Å². The van der Waals surface area contributed by atoms with E-state index in [9.17, 15) is 0 Å². The Balaban J connectivity index is 1.94. The van der Waals surface area contributed by atoms with Gasteiger partial charge in [-0.3, -0.25) is 0 Å². The Bertz CT molecular complexity index is 691. The Morgan fingerprint density at radius 2 is 2.05 bits per heavy atom. The highest BCUT2D eigenvalue weighted by Gasteiger charge is 2.05. The number of para-hydroxylation sites is 2. The molecule has 0 radical (unpaired) electrons. The van der Waals surface area contributed by atoms with Gasteiger partial charge in [-0.1, -0.05) is 39.8 Å². The molecule has 5 heteroatoms. The van der Waals surface area contributed by atoms with Gasteiger partial charge >= 0.3 is 0 Å². The number of benzene rings is 2. The molecule has 0 saturated heterocycles. The van der Waals surface area contributed by atoms with Gasteiger partial charge in [0, 0.05) is 15.9 Å². The first-order valence-electron chi connectivity index (χ1n) is 5.87. The van der Waals surface area contributed by atoms with Crippen molar-refractivity contribution in [1.82, 2.24) is 9.97 Å². The lowest BCUT2D eigenvalue weighted by molar-refractivity contribution is 1.05. The summed E-state index contributed by atoms with van der Waals surface area (Å²) in [6.07, 6.45) is 0. The summed E-state index contributed by atoms with van der Waals surface area (Å²) in [5, 5.41) is 0.891. The second-order valence-corrected chi connectivity index (χ2v) is 6.14. The van der Waals surface area contributed by atoms with E-state index in [1.165, 1.54) is 0 Å². The highest BCUT2D eigenvalue weighted by atomic mass is 79.9. The first kappa shape index (κ1) is 12.7. The number of aromatic amines is 1. The molecule has 0 unspecified atom stereocenters. The number of nitrogens with zero attached hydrogens (tertiary/aromatic N) is 1. The molecule has 3 N–H and O–H groups in total. The van der Waals surface area contributed by atoms with E-state index in [0.29, 0.717) is 6.54 Å². The van der Waals surface area contributed by atoms with Crippen LogP contribution in [0, 0.1) is 0 Å². The Morgan fingerprint density at radius 1 is 1.21 bits per heavy atom. The predicted molar refractivity (Wildman–Crippen MR) is 82.3 cm³/mol. The number of nitrogens with two attached hydrogens (primary N) is 1. The van der Waals surface area contributed by atoms with Gasteiger partial charge in [-0.2, -0.15) is 0 Å². The second kappa shape index (κ2) is 5.36. The van der Waals surface area contributed by atoms with Crippen molar-refractivity contribution in [3.05, 3.63) is 52.5 Å². The molecule has 1 aromatic heterocycles. The monoisotopic (exact) mass is 333 g/mol. The molecule has 96 valence electrons. The summed E-state index contributed by atoms with van der Waals surface area (Å²) in [7, 11) is 0. The molecule has 0 atom stereocenters. The number of aromatic nitrogens is 2. The van der Waals surface area contributed by atoms with Crippen molar-refractivity contribution in [3.63, 3.8) is 0 Å².